The van der Waals surface area contributed by atoms with Crippen LogP contribution in [0.15, 0.2) is 84.0 Å². The minimum absolute atomic E-state index is 0.113. The van der Waals surface area contributed by atoms with Gasteiger partial charge in [0.25, 0.3) is 0 Å². The molecule has 0 bridgehead atoms. The highest BCUT2D eigenvalue weighted by atomic mass is 32.1. The molecule has 0 N–H and O–H groups in total. The number of Topliss-reactive ketones (excluding diaryl/α,β-unsaturated/α-hetero) is 2. The lowest BCUT2D eigenvalue weighted by Gasteiger charge is -2.24. The third-order valence-corrected chi connectivity index (χ3v) is 10.8. The summed E-state index contributed by atoms with van der Waals surface area (Å²) in [6.45, 7) is 4.19. The molecule has 7 nitrogen and oxygen atoms in total. The van der Waals surface area contributed by atoms with Crippen molar-refractivity contribution < 1.29 is 9.59 Å². The number of fused-ring (bicyclic) bond motifs is 3. The number of aryl methyl sites for hydroxylation is 2. The number of pyridine rings is 1. The van der Waals surface area contributed by atoms with Gasteiger partial charge in [-0.1, -0.05) is 72.5 Å². The maximum atomic E-state index is 13.0. The van der Waals surface area contributed by atoms with Crippen LogP contribution >= 0.6 is 23.1 Å². The molecular formula is C36H29N5O2S2. The first-order valence-electron chi connectivity index (χ1n) is 15.2. The van der Waals surface area contributed by atoms with Gasteiger partial charge in [0.05, 0.1) is 28.5 Å². The van der Waals surface area contributed by atoms with Gasteiger partial charge >= 0.3 is 0 Å². The van der Waals surface area contributed by atoms with Crippen molar-refractivity contribution in [2.45, 2.75) is 39.5 Å². The van der Waals surface area contributed by atoms with Crippen LogP contribution in [0.2, 0.25) is 0 Å². The summed E-state index contributed by atoms with van der Waals surface area (Å²) in [5.41, 5.74) is 7.38. The lowest BCUT2D eigenvalue weighted by molar-refractivity contribution is -0.134. The highest BCUT2D eigenvalue weighted by molar-refractivity contribution is 7.21. The molecule has 0 aliphatic heterocycles. The molecular weight excluding hydrogens is 599 g/mol. The number of benzene rings is 3. The number of anilines is 3. The summed E-state index contributed by atoms with van der Waals surface area (Å²) >= 11 is 2.78. The zero-order valence-electron chi connectivity index (χ0n) is 24.9. The second-order valence-electron chi connectivity index (χ2n) is 11.9. The Labute approximate surface area is 268 Å². The lowest BCUT2D eigenvalue weighted by Crippen LogP contribution is -2.21. The first-order valence-corrected chi connectivity index (χ1v) is 16.8. The maximum absolute atomic E-state index is 13.0. The number of carbonyl (C=O) groups excluding carboxylic acids is 2. The third kappa shape index (κ3) is 4.69. The van der Waals surface area contributed by atoms with Gasteiger partial charge < -0.3 is 4.90 Å². The Kier molecular flexibility index (Phi) is 6.88. The van der Waals surface area contributed by atoms with Crippen molar-refractivity contribution in [2.24, 2.45) is 16.8 Å². The molecule has 0 radical (unpaired) electrons. The number of aliphatic imine (C=N–C) groups is 1. The average Bonchev–Trinajstić information content (AvgIpc) is 3.77. The molecule has 8 rings (SSSR count). The maximum Gasteiger partial charge on any atom is 0.243 e. The minimum atomic E-state index is -0.450. The number of carbonyl (C=O) groups is 2. The van der Waals surface area contributed by atoms with E-state index in [0.717, 1.165) is 75.1 Å². The monoisotopic (exact) mass is 627 g/mol. The molecule has 45 heavy (non-hydrogen) atoms. The summed E-state index contributed by atoms with van der Waals surface area (Å²) in [6, 6.07) is 25.6. The van der Waals surface area contributed by atoms with E-state index >= 15 is 0 Å². The van der Waals surface area contributed by atoms with Gasteiger partial charge in [-0.2, -0.15) is 8.75 Å². The zero-order valence-corrected chi connectivity index (χ0v) is 26.5. The van der Waals surface area contributed by atoms with Crippen molar-refractivity contribution in [1.29, 1.82) is 0 Å². The molecule has 2 aliphatic carbocycles. The van der Waals surface area contributed by atoms with Crippen molar-refractivity contribution in [3.05, 3.63) is 90.1 Å². The molecule has 3 aromatic carbocycles. The van der Waals surface area contributed by atoms with E-state index < -0.39 is 5.78 Å². The number of ketones is 2. The standard InChI is InChI=1S/C36H29N5O2S2/c1-20-11-15-22(16-12-20)41(23-17-13-21(2)14-18-23)36-27-10-6-5-9-26(27)35(44-36)32-31-30(39-45-40-31)28(19-37-32)38-29-24-7-3-4-8-25(24)33(42)34(29)43/h5-6,9-19,24-25H,3-4,7-8H2,1-2H3. The van der Waals surface area contributed by atoms with E-state index in [0.29, 0.717) is 22.4 Å². The Morgan fingerprint density at radius 3 is 2.09 bits per heavy atom. The topological polar surface area (TPSA) is 88.4 Å². The largest absolute Gasteiger partial charge is 0.301 e. The summed E-state index contributed by atoms with van der Waals surface area (Å²) in [6.07, 6.45) is 5.24. The van der Waals surface area contributed by atoms with Crippen molar-refractivity contribution in [1.82, 2.24) is 13.7 Å². The van der Waals surface area contributed by atoms with Crippen LogP contribution in [0.5, 0.6) is 0 Å². The smallest absolute Gasteiger partial charge is 0.243 e. The van der Waals surface area contributed by atoms with E-state index in [1.807, 2.05) is 6.07 Å². The summed E-state index contributed by atoms with van der Waals surface area (Å²) in [5, 5.41) is 3.26. The minimum Gasteiger partial charge on any atom is -0.301 e. The number of hydrogen-bond donors (Lipinski definition) is 0. The molecule has 222 valence electrons. The summed E-state index contributed by atoms with van der Waals surface area (Å²) in [7, 11) is 0. The fraction of sp³-hybridized carbons (Fsp3) is 0.222. The number of thiophene rings is 1. The second kappa shape index (κ2) is 11.1. The zero-order chi connectivity index (χ0) is 30.7. The van der Waals surface area contributed by atoms with Gasteiger partial charge in [0.1, 0.15) is 27.4 Å². The molecule has 2 fully saturated rings. The van der Waals surface area contributed by atoms with Gasteiger partial charge in [0.15, 0.2) is 0 Å². The Hall–Kier alpha value is -4.60. The predicted octanol–water partition coefficient (Wildman–Crippen LogP) is 9.09. The molecule has 6 aromatic rings. The molecule has 3 heterocycles. The number of hydrogen-bond acceptors (Lipinski definition) is 9. The SMILES string of the molecule is Cc1ccc(N(c2ccc(C)cc2)c2sc(-c3ncc(N=C4C(=O)C(=O)C5CCCCC45)c4nsnc34)c3ccccc23)cc1. The highest BCUT2D eigenvalue weighted by Gasteiger charge is 2.47. The molecule has 0 saturated heterocycles. The van der Waals surface area contributed by atoms with E-state index in [4.69, 9.17) is 9.98 Å². The molecule has 2 aliphatic rings. The predicted molar refractivity (Wildman–Crippen MR) is 183 cm³/mol. The van der Waals surface area contributed by atoms with Crippen LogP contribution in [0.3, 0.4) is 0 Å². The molecule has 2 atom stereocenters. The molecule has 2 unspecified atom stereocenters. The first kappa shape index (κ1) is 27.9. The summed E-state index contributed by atoms with van der Waals surface area (Å²) in [5.74, 6) is -1.09. The van der Waals surface area contributed by atoms with Gasteiger partial charge in [-0.25, -0.2) is 4.99 Å². The Morgan fingerprint density at radius 2 is 1.40 bits per heavy atom. The Morgan fingerprint density at radius 1 is 0.778 bits per heavy atom. The normalized spacial score (nSPS) is 19.1. The van der Waals surface area contributed by atoms with Gasteiger partial charge in [-0.05, 0) is 51.0 Å². The van der Waals surface area contributed by atoms with Gasteiger partial charge in [0, 0.05) is 34.0 Å². The lowest BCUT2D eigenvalue weighted by atomic mass is 9.81. The fourth-order valence-corrected chi connectivity index (χ4v) is 8.57. The van der Waals surface area contributed by atoms with Crippen LogP contribution < -0.4 is 4.90 Å². The Balaban J connectivity index is 1.29. The van der Waals surface area contributed by atoms with Crippen LogP contribution in [0, 0.1) is 25.7 Å². The van der Waals surface area contributed by atoms with Crippen LogP contribution in [-0.4, -0.2) is 31.0 Å². The molecule has 0 amide bonds. The van der Waals surface area contributed by atoms with E-state index in [-0.39, 0.29) is 17.6 Å². The molecule has 0 spiro atoms. The number of nitrogens with zero attached hydrogens (tertiary/aromatic N) is 5. The molecule has 9 heteroatoms. The van der Waals surface area contributed by atoms with E-state index in [1.54, 1.807) is 17.5 Å². The third-order valence-electron chi connectivity index (χ3n) is 9.03. The van der Waals surface area contributed by atoms with Gasteiger partial charge in [0.2, 0.25) is 11.6 Å². The molecule has 3 aromatic heterocycles. The number of rotatable bonds is 5. The van der Waals surface area contributed by atoms with Gasteiger partial charge in [-0.15, -0.1) is 11.3 Å². The van der Waals surface area contributed by atoms with Crippen molar-refractivity contribution in [3.63, 3.8) is 0 Å². The van der Waals surface area contributed by atoms with E-state index in [1.165, 1.54) is 11.1 Å². The highest BCUT2D eigenvalue weighted by Crippen LogP contribution is 2.50. The summed E-state index contributed by atoms with van der Waals surface area (Å²) in [4.78, 5) is 38.7. The second-order valence-corrected chi connectivity index (χ2v) is 13.5. The van der Waals surface area contributed by atoms with Crippen LogP contribution in [0.4, 0.5) is 22.1 Å². The van der Waals surface area contributed by atoms with Crippen LogP contribution in [-0.2, 0) is 9.59 Å². The van der Waals surface area contributed by atoms with Gasteiger partial charge in [-0.3, -0.25) is 14.6 Å². The van der Waals surface area contributed by atoms with E-state index in [2.05, 4.69) is 94.2 Å². The van der Waals surface area contributed by atoms with E-state index in [9.17, 15) is 9.59 Å². The fourth-order valence-electron chi connectivity index (χ4n) is 6.69. The quantitative estimate of drug-likeness (QED) is 0.177. The summed E-state index contributed by atoms with van der Waals surface area (Å²) < 4.78 is 9.29. The first-order chi connectivity index (χ1) is 22.0. The molecule has 2 saturated carbocycles. The average molecular weight is 628 g/mol. The van der Waals surface area contributed by atoms with Crippen molar-refractivity contribution in [3.8, 4) is 10.6 Å². The van der Waals surface area contributed by atoms with Crippen molar-refractivity contribution in [2.75, 3.05) is 4.90 Å². The van der Waals surface area contributed by atoms with Crippen molar-refractivity contribution >= 4 is 84.2 Å². The Bertz CT molecular complexity index is 2100. The van der Waals surface area contributed by atoms with Crippen LogP contribution in [0.1, 0.15) is 36.8 Å². The number of aromatic nitrogens is 3. The van der Waals surface area contributed by atoms with Crippen LogP contribution in [0.25, 0.3) is 32.4 Å².